The number of hydrogen-bond acceptors (Lipinski definition) is 3. The third-order valence-corrected chi connectivity index (χ3v) is 2.94. The van der Waals surface area contributed by atoms with Crippen molar-refractivity contribution in [2.45, 2.75) is 0 Å². The zero-order valence-electron chi connectivity index (χ0n) is 9.07. The van der Waals surface area contributed by atoms with Gasteiger partial charge in [0.05, 0.1) is 11.4 Å². The van der Waals surface area contributed by atoms with Gasteiger partial charge in [0, 0.05) is 4.47 Å². The van der Waals surface area contributed by atoms with Crippen LogP contribution in [0.3, 0.4) is 0 Å². The quantitative estimate of drug-likeness (QED) is 0.659. The van der Waals surface area contributed by atoms with Gasteiger partial charge < -0.3 is 5.11 Å². The molecule has 0 radical (unpaired) electrons. The van der Waals surface area contributed by atoms with E-state index in [0.717, 1.165) is 21.6 Å². The Bertz CT molecular complexity index is 575. The predicted octanol–water partition coefficient (Wildman–Crippen LogP) is 3.44. The average molecular weight is 315 g/mol. The summed E-state index contributed by atoms with van der Waals surface area (Å²) in [6.45, 7) is 0. The van der Waals surface area contributed by atoms with Crippen LogP contribution in [0.2, 0.25) is 0 Å². The zero-order chi connectivity index (χ0) is 13.3. The monoisotopic (exact) mass is 314 g/mol. The summed E-state index contributed by atoms with van der Waals surface area (Å²) in [5, 5.41) is 10.2. The highest BCUT2D eigenvalue weighted by molar-refractivity contribution is 9.10. The van der Waals surface area contributed by atoms with Crippen LogP contribution in [-0.2, 0) is 0 Å². The predicted molar refractivity (Wildman–Crippen MR) is 68.5 cm³/mol. The summed E-state index contributed by atoms with van der Waals surface area (Å²) >= 11 is 3.26. The number of nitrogens with zero attached hydrogens (tertiary/aromatic N) is 1. The number of hydrogen-bond donors (Lipinski definition) is 2. The highest BCUT2D eigenvalue weighted by atomic mass is 79.9. The second-order valence-electron chi connectivity index (χ2n) is 3.58. The molecule has 0 saturated carbocycles. The number of halogens is 3. The molecule has 0 unspecified atom stereocenters. The van der Waals surface area contributed by atoms with E-state index >= 15 is 0 Å². The van der Waals surface area contributed by atoms with Gasteiger partial charge in [0.25, 0.3) is 0 Å². The van der Waals surface area contributed by atoms with Crippen molar-refractivity contribution in [3.05, 3.63) is 52.5 Å². The van der Waals surface area contributed by atoms with Gasteiger partial charge in [0.2, 0.25) is 0 Å². The average Bonchev–Trinajstić information content (AvgIpc) is 2.36. The van der Waals surface area contributed by atoms with E-state index in [2.05, 4.69) is 15.9 Å². The first kappa shape index (κ1) is 12.8. The lowest BCUT2D eigenvalue weighted by Crippen LogP contribution is -2.25. The highest BCUT2D eigenvalue weighted by Gasteiger charge is 2.16. The van der Waals surface area contributed by atoms with Gasteiger partial charge in [0.15, 0.2) is 17.4 Å². The second-order valence-corrected chi connectivity index (χ2v) is 4.49. The van der Waals surface area contributed by atoms with Gasteiger partial charge in [-0.3, -0.25) is 5.01 Å². The van der Waals surface area contributed by atoms with Crippen LogP contribution < -0.4 is 10.9 Å². The molecule has 0 atom stereocenters. The summed E-state index contributed by atoms with van der Waals surface area (Å²) < 4.78 is 27.4. The third kappa shape index (κ3) is 2.30. The molecule has 0 aliphatic carbocycles. The first-order chi connectivity index (χ1) is 8.50. The van der Waals surface area contributed by atoms with Crippen molar-refractivity contribution < 1.29 is 13.9 Å². The van der Waals surface area contributed by atoms with Gasteiger partial charge in [-0.05, 0) is 36.4 Å². The van der Waals surface area contributed by atoms with Crippen LogP contribution in [0.1, 0.15) is 0 Å². The van der Waals surface area contributed by atoms with Crippen molar-refractivity contribution in [1.29, 1.82) is 0 Å². The summed E-state index contributed by atoms with van der Waals surface area (Å²) in [7, 11) is 0. The van der Waals surface area contributed by atoms with E-state index in [1.165, 1.54) is 0 Å². The molecule has 0 fully saturated rings. The lowest BCUT2D eigenvalue weighted by atomic mass is 10.2. The van der Waals surface area contributed by atoms with Gasteiger partial charge in [-0.15, -0.1) is 0 Å². The van der Waals surface area contributed by atoms with E-state index in [9.17, 15) is 13.9 Å². The Morgan fingerprint density at radius 1 is 1.06 bits per heavy atom. The molecule has 2 aromatic carbocycles. The third-order valence-electron chi connectivity index (χ3n) is 2.41. The van der Waals surface area contributed by atoms with Crippen molar-refractivity contribution in [3.63, 3.8) is 0 Å². The van der Waals surface area contributed by atoms with E-state index < -0.39 is 17.4 Å². The Balaban J connectivity index is 2.43. The SMILES string of the molecule is NN(c1ccc(Br)cc1)c1ccc(F)c(O)c1F. The van der Waals surface area contributed by atoms with Gasteiger partial charge in [-0.1, -0.05) is 15.9 Å². The topological polar surface area (TPSA) is 49.5 Å². The molecule has 2 rings (SSSR count). The van der Waals surface area contributed by atoms with Crippen molar-refractivity contribution in [1.82, 2.24) is 0 Å². The molecule has 6 heteroatoms. The van der Waals surface area contributed by atoms with Crippen molar-refractivity contribution in [2.24, 2.45) is 5.84 Å². The molecule has 0 spiro atoms. The molecule has 2 aromatic rings. The summed E-state index contributed by atoms with van der Waals surface area (Å²) in [6, 6.07) is 8.89. The Morgan fingerprint density at radius 3 is 2.28 bits per heavy atom. The van der Waals surface area contributed by atoms with E-state index in [4.69, 9.17) is 5.84 Å². The molecule has 0 aliphatic heterocycles. The molecule has 18 heavy (non-hydrogen) atoms. The number of hydrazine groups is 1. The standard InChI is InChI=1S/C12H9BrF2N2O/c13-7-1-3-8(4-2-7)17(16)10-6-5-9(14)12(18)11(10)15/h1-6,18H,16H2. The van der Waals surface area contributed by atoms with Gasteiger partial charge in [-0.2, -0.15) is 0 Å². The summed E-state index contributed by atoms with van der Waals surface area (Å²) in [5.41, 5.74) is 0.388. The molecule has 0 saturated heterocycles. The van der Waals surface area contributed by atoms with Gasteiger partial charge >= 0.3 is 0 Å². The molecular formula is C12H9BrF2N2O. The molecule has 0 bridgehead atoms. The molecule has 3 N–H and O–H groups in total. The fraction of sp³-hybridized carbons (Fsp3) is 0. The number of phenolic OH excluding ortho intramolecular Hbond substituents is 1. The summed E-state index contributed by atoms with van der Waals surface area (Å²) in [5.74, 6) is 2.56. The highest BCUT2D eigenvalue weighted by Crippen LogP contribution is 2.31. The van der Waals surface area contributed by atoms with Crippen LogP contribution in [0.4, 0.5) is 20.2 Å². The largest absolute Gasteiger partial charge is 0.503 e. The van der Waals surface area contributed by atoms with Gasteiger partial charge in [-0.25, -0.2) is 14.6 Å². The molecule has 0 amide bonds. The Hall–Kier alpha value is -1.66. The molecule has 94 valence electrons. The number of anilines is 2. The maximum atomic E-state index is 13.7. The van der Waals surface area contributed by atoms with Crippen LogP contribution in [0.15, 0.2) is 40.9 Å². The van der Waals surface area contributed by atoms with E-state index in [-0.39, 0.29) is 5.69 Å². The number of aromatic hydroxyl groups is 1. The smallest absolute Gasteiger partial charge is 0.192 e. The Kier molecular flexibility index (Phi) is 3.49. The fourth-order valence-electron chi connectivity index (χ4n) is 1.46. The fourth-order valence-corrected chi connectivity index (χ4v) is 1.72. The summed E-state index contributed by atoms with van der Waals surface area (Å²) in [4.78, 5) is 0. The van der Waals surface area contributed by atoms with Crippen LogP contribution in [0.25, 0.3) is 0 Å². The van der Waals surface area contributed by atoms with Crippen molar-refractivity contribution in [3.8, 4) is 5.75 Å². The molecule has 0 aliphatic rings. The van der Waals surface area contributed by atoms with Crippen LogP contribution in [0.5, 0.6) is 5.75 Å². The molecule has 0 heterocycles. The maximum Gasteiger partial charge on any atom is 0.192 e. The van der Waals surface area contributed by atoms with Gasteiger partial charge in [0.1, 0.15) is 0 Å². The lowest BCUT2D eigenvalue weighted by molar-refractivity contribution is 0.397. The molecule has 0 aromatic heterocycles. The normalized spacial score (nSPS) is 10.4. The number of nitrogens with two attached hydrogens (primary N) is 1. The van der Waals surface area contributed by atoms with Crippen molar-refractivity contribution >= 4 is 27.3 Å². The minimum atomic E-state index is -1.10. The first-order valence-corrected chi connectivity index (χ1v) is 5.77. The van der Waals surface area contributed by atoms with Crippen LogP contribution >= 0.6 is 15.9 Å². The number of benzene rings is 2. The molecule has 3 nitrogen and oxygen atoms in total. The van der Waals surface area contributed by atoms with Crippen LogP contribution in [-0.4, -0.2) is 5.11 Å². The van der Waals surface area contributed by atoms with E-state index in [1.807, 2.05) is 0 Å². The molecular weight excluding hydrogens is 306 g/mol. The zero-order valence-corrected chi connectivity index (χ0v) is 10.7. The summed E-state index contributed by atoms with van der Waals surface area (Å²) in [6.07, 6.45) is 0. The minimum Gasteiger partial charge on any atom is -0.503 e. The Morgan fingerprint density at radius 2 is 1.67 bits per heavy atom. The van der Waals surface area contributed by atoms with E-state index in [0.29, 0.717) is 5.69 Å². The first-order valence-electron chi connectivity index (χ1n) is 4.98. The number of phenols is 1. The number of rotatable bonds is 2. The second kappa shape index (κ2) is 4.91. The Labute approximate surface area is 111 Å². The van der Waals surface area contributed by atoms with E-state index in [1.54, 1.807) is 24.3 Å². The van der Waals surface area contributed by atoms with Crippen molar-refractivity contribution in [2.75, 3.05) is 5.01 Å². The lowest BCUT2D eigenvalue weighted by Gasteiger charge is -2.19. The maximum absolute atomic E-state index is 13.7. The minimum absolute atomic E-state index is 0.115. The van der Waals surface area contributed by atoms with Crippen LogP contribution in [0, 0.1) is 11.6 Å².